The Bertz CT molecular complexity index is 732. The number of carbonyl (C=O) groups is 1. The lowest BCUT2D eigenvalue weighted by atomic mass is 10.2. The molecule has 2 aromatic rings. The molecular formula is C12H10N4O5. The summed E-state index contributed by atoms with van der Waals surface area (Å²) < 4.78 is 5.21. The molecule has 0 aliphatic heterocycles. The molecule has 0 aliphatic carbocycles. The Kier molecular flexibility index (Phi) is 3.74. The molecule has 21 heavy (non-hydrogen) atoms. The van der Waals surface area contributed by atoms with Crippen LogP contribution in [0.4, 0.5) is 5.69 Å². The van der Waals surface area contributed by atoms with Crippen molar-refractivity contribution in [1.82, 2.24) is 15.2 Å². The largest absolute Gasteiger partial charge is 0.478 e. The van der Waals surface area contributed by atoms with Gasteiger partial charge in [0.2, 0.25) is 5.75 Å². The van der Waals surface area contributed by atoms with Crippen LogP contribution in [0.25, 0.3) is 0 Å². The zero-order valence-corrected chi connectivity index (χ0v) is 11.1. The number of carboxylic acids is 1. The number of benzene rings is 1. The van der Waals surface area contributed by atoms with Crippen LogP contribution in [0, 0.1) is 24.0 Å². The number of aryl methyl sites for hydroxylation is 2. The number of nitro groups is 1. The first kappa shape index (κ1) is 14.3. The second-order valence-corrected chi connectivity index (χ2v) is 4.11. The van der Waals surface area contributed by atoms with E-state index in [0.717, 1.165) is 18.2 Å². The highest BCUT2D eigenvalue weighted by molar-refractivity contribution is 5.88. The monoisotopic (exact) mass is 290 g/mol. The molecule has 0 bridgehead atoms. The van der Waals surface area contributed by atoms with Crippen LogP contribution in [0.1, 0.15) is 21.7 Å². The molecule has 0 unspecified atom stereocenters. The summed E-state index contributed by atoms with van der Waals surface area (Å²) >= 11 is 0. The summed E-state index contributed by atoms with van der Waals surface area (Å²) in [7, 11) is 0. The van der Waals surface area contributed by atoms with Gasteiger partial charge >= 0.3 is 17.7 Å². The van der Waals surface area contributed by atoms with Crippen molar-refractivity contribution in [3.8, 4) is 11.8 Å². The molecule has 0 saturated heterocycles. The van der Waals surface area contributed by atoms with Crippen molar-refractivity contribution in [1.29, 1.82) is 0 Å². The van der Waals surface area contributed by atoms with E-state index in [-0.39, 0.29) is 23.0 Å². The van der Waals surface area contributed by atoms with Crippen LogP contribution in [0.3, 0.4) is 0 Å². The second kappa shape index (κ2) is 5.49. The van der Waals surface area contributed by atoms with Crippen LogP contribution in [-0.2, 0) is 0 Å². The molecule has 0 aliphatic rings. The molecule has 0 amide bonds. The summed E-state index contributed by atoms with van der Waals surface area (Å²) in [6, 6.07) is 3.02. The molecule has 1 heterocycles. The number of hydrogen-bond acceptors (Lipinski definition) is 7. The maximum atomic E-state index is 10.9. The van der Waals surface area contributed by atoms with Gasteiger partial charge in [-0.3, -0.25) is 10.1 Å². The molecule has 2 rings (SSSR count). The van der Waals surface area contributed by atoms with Gasteiger partial charge in [-0.2, -0.15) is 4.98 Å². The van der Waals surface area contributed by atoms with Crippen LogP contribution >= 0.6 is 0 Å². The van der Waals surface area contributed by atoms with E-state index in [0.29, 0.717) is 11.4 Å². The number of aromatic carboxylic acids is 1. The first-order valence-electron chi connectivity index (χ1n) is 5.76. The molecule has 9 heteroatoms. The molecule has 1 aromatic heterocycles. The van der Waals surface area contributed by atoms with E-state index in [2.05, 4.69) is 15.2 Å². The van der Waals surface area contributed by atoms with E-state index >= 15 is 0 Å². The van der Waals surface area contributed by atoms with Gasteiger partial charge in [0.05, 0.1) is 21.9 Å². The van der Waals surface area contributed by atoms with Crippen molar-refractivity contribution in [2.45, 2.75) is 13.8 Å². The predicted molar refractivity (Wildman–Crippen MR) is 69.4 cm³/mol. The highest BCUT2D eigenvalue weighted by Crippen LogP contribution is 2.30. The summed E-state index contributed by atoms with van der Waals surface area (Å²) in [6.07, 6.45) is 0. The average molecular weight is 290 g/mol. The molecule has 0 spiro atoms. The number of nitrogens with zero attached hydrogens (tertiary/aromatic N) is 4. The van der Waals surface area contributed by atoms with Gasteiger partial charge in [0.1, 0.15) is 0 Å². The standard InChI is InChI=1S/C12H10N4O5/c1-6-7(2)14-15-12(13-6)21-10-5-8(11(17)18)3-4-9(10)16(19)20/h3-5H,1-2H3,(H,17,18). The lowest BCUT2D eigenvalue weighted by Crippen LogP contribution is -2.03. The molecule has 0 fully saturated rings. The summed E-state index contributed by atoms with van der Waals surface area (Å²) in [4.78, 5) is 25.1. The van der Waals surface area contributed by atoms with Gasteiger partial charge in [0.15, 0.2) is 0 Å². The van der Waals surface area contributed by atoms with Crippen molar-refractivity contribution in [2.75, 3.05) is 0 Å². The predicted octanol–water partition coefficient (Wildman–Crippen LogP) is 1.89. The van der Waals surface area contributed by atoms with Crippen LogP contribution in [0.15, 0.2) is 18.2 Å². The molecule has 0 saturated carbocycles. The third kappa shape index (κ3) is 3.08. The topological polar surface area (TPSA) is 128 Å². The number of carboxylic acid groups (broad SMARTS) is 1. The summed E-state index contributed by atoms with van der Waals surface area (Å²) in [5, 5.41) is 27.3. The van der Waals surface area contributed by atoms with Gasteiger partial charge in [-0.25, -0.2) is 4.79 Å². The Morgan fingerprint density at radius 2 is 2.00 bits per heavy atom. The summed E-state index contributed by atoms with van der Waals surface area (Å²) in [5.41, 5.74) is 0.613. The number of aromatic nitrogens is 3. The van der Waals surface area contributed by atoms with E-state index in [9.17, 15) is 14.9 Å². The number of ether oxygens (including phenoxy) is 1. The van der Waals surface area contributed by atoms with Gasteiger partial charge in [0, 0.05) is 12.1 Å². The van der Waals surface area contributed by atoms with Crippen molar-refractivity contribution < 1.29 is 19.6 Å². The molecule has 0 radical (unpaired) electrons. The van der Waals surface area contributed by atoms with Crippen LogP contribution < -0.4 is 4.74 Å². The Balaban J connectivity index is 2.45. The molecule has 1 aromatic carbocycles. The van der Waals surface area contributed by atoms with E-state index < -0.39 is 10.9 Å². The van der Waals surface area contributed by atoms with Gasteiger partial charge in [-0.15, -0.1) is 5.10 Å². The quantitative estimate of drug-likeness (QED) is 0.667. The zero-order chi connectivity index (χ0) is 15.6. The van der Waals surface area contributed by atoms with E-state index in [4.69, 9.17) is 9.84 Å². The SMILES string of the molecule is Cc1nnc(Oc2cc(C(=O)O)ccc2[N+](=O)[O-])nc1C. The lowest BCUT2D eigenvalue weighted by molar-refractivity contribution is -0.385. The normalized spacial score (nSPS) is 10.2. The maximum absolute atomic E-state index is 10.9. The fourth-order valence-corrected chi connectivity index (χ4v) is 1.46. The second-order valence-electron chi connectivity index (χ2n) is 4.11. The van der Waals surface area contributed by atoms with E-state index in [1.165, 1.54) is 0 Å². The first-order chi connectivity index (χ1) is 9.88. The minimum absolute atomic E-state index is 0.146. The minimum atomic E-state index is -1.23. The highest BCUT2D eigenvalue weighted by atomic mass is 16.6. The fraction of sp³-hybridized carbons (Fsp3) is 0.167. The van der Waals surface area contributed by atoms with Crippen molar-refractivity contribution in [3.63, 3.8) is 0 Å². The van der Waals surface area contributed by atoms with Gasteiger partial charge < -0.3 is 9.84 Å². The van der Waals surface area contributed by atoms with Crippen LogP contribution in [0.2, 0.25) is 0 Å². The van der Waals surface area contributed by atoms with Crippen molar-refractivity contribution in [3.05, 3.63) is 45.3 Å². The van der Waals surface area contributed by atoms with Gasteiger partial charge in [-0.05, 0) is 19.9 Å². The van der Waals surface area contributed by atoms with Crippen LogP contribution in [-0.4, -0.2) is 31.2 Å². The molecule has 1 N–H and O–H groups in total. The third-order valence-corrected chi connectivity index (χ3v) is 2.68. The van der Waals surface area contributed by atoms with Crippen LogP contribution in [0.5, 0.6) is 11.8 Å². The highest BCUT2D eigenvalue weighted by Gasteiger charge is 2.19. The molecular weight excluding hydrogens is 280 g/mol. The smallest absolute Gasteiger partial charge is 0.341 e. The maximum Gasteiger partial charge on any atom is 0.341 e. The average Bonchev–Trinajstić information content (AvgIpc) is 2.42. The van der Waals surface area contributed by atoms with Crippen molar-refractivity contribution >= 4 is 11.7 Å². The van der Waals surface area contributed by atoms with Crippen molar-refractivity contribution in [2.24, 2.45) is 0 Å². The van der Waals surface area contributed by atoms with Gasteiger partial charge in [-0.1, -0.05) is 5.10 Å². The molecule has 108 valence electrons. The Morgan fingerprint density at radius 1 is 1.29 bits per heavy atom. The third-order valence-electron chi connectivity index (χ3n) is 2.68. The Hall–Kier alpha value is -3.10. The molecule has 0 atom stereocenters. The zero-order valence-electron chi connectivity index (χ0n) is 11.1. The number of hydrogen-bond donors (Lipinski definition) is 1. The van der Waals surface area contributed by atoms with E-state index in [1.807, 2.05) is 0 Å². The fourth-order valence-electron chi connectivity index (χ4n) is 1.46. The minimum Gasteiger partial charge on any atom is -0.478 e. The molecule has 9 nitrogen and oxygen atoms in total. The lowest BCUT2D eigenvalue weighted by Gasteiger charge is -2.06. The Labute approximate surface area is 118 Å². The first-order valence-corrected chi connectivity index (χ1v) is 5.76. The Morgan fingerprint density at radius 3 is 2.57 bits per heavy atom. The summed E-state index contributed by atoms with van der Waals surface area (Å²) in [5.74, 6) is -1.49. The van der Waals surface area contributed by atoms with E-state index in [1.54, 1.807) is 13.8 Å². The van der Waals surface area contributed by atoms with Gasteiger partial charge in [0.25, 0.3) is 0 Å². The summed E-state index contributed by atoms with van der Waals surface area (Å²) in [6.45, 7) is 3.38. The number of nitro benzene ring substituents is 1. The number of rotatable bonds is 4.